The van der Waals surface area contributed by atoms with E-state index in [9.17, 15) is 4.79 Å². The third-order valence-electron chi connectivity index (χ3n) is 0.929. The van der Waals surface area contributed by atoms with Gasteiger partial charge in [0.2, 0.25) is 0 Å². The van der Waals surface area contributed by atoms with Gasteiger partial charge >= 0.3 is 6.03 Å². The van der Waals surface area contributed by atoms with Crippen LogP contribution in [0.4, 0.5) is 4.79 Å². The number of ether oxygens (including phenoxy) is 1. The molecular formula is C6H18N2O2. The monoisotopic (exact) mass is 150 g/mol. The van der Waals surface area contributed by atoms with Crippen LogP contribution in [0.5, 0.6) is 0 Å². The van der Waals surface area contributed by atoms with Crippen LogP contribution in [0.3, 0.4) is 0 Å². The predicted molar refractivity (Wildman–Crippen MR) is 43.2 cm³/mol. The van der Waals surface area contributed by atoms with Crippen molar-refractivity contribution in [3.8, 4) is 0 Å². The van der Waals surface area contributed by atoms with Crippen molar-refractivity contribution in [3.05, 3.63) is 0 Å². The van der Waals surface area contributed by atoms with Gasteiger partial charge < -0.3 is 15.4 Å². The summed E-state index contributed by atoms with van der Waals surface area (Å²) in [5, 5.41) is 5.21. The lowest BCUT2D eigenvalue weighted by Crippen LogP contribution is -2.36. The van der Waals surface area contributed by atoms with Crippen LogP contribution < -0.4 is 10.6 Å². The molecule has 0 fully saturated rings. The van der Waals surface area contributed by atoms with Gasteiger partial charge in [0.1, 0.15) is 0 Å². The molecule has 0 unspecified atom stereocenters. The number of carbonyl (C=O) groups is 1. The molecule has 2 amide bonds. The molecule has 2 N–H and O–H groups in total. The fourth-order valence-corrected chi connectivity index (χ4v) is 0.490. The molecule has 0 atom stereocenters. The SMILES string of the molecule is CCNC(=O)NCCOC.[HH].[HH]. The number of nitrogens with one attached hydrogen (secondary N) is 2. The Morgan fingerprint density at radius 1 is 1.60 bits per heavy atom. The van der Waals surface area contributed by atoms with Gasteiger partial charge in [-0.15, -0.1) is 0 Å². The van der Waals surface area contributed by atoms with Crippen molar-refractivity contribution in [1.82, 2.24) is 10.6 Å². The second-order valence-corrected chi connectivity index (χ2v) is 1.78. The molecule has 0 bridgehead atoms. The third kappa shape index (κ3) is 5.37. The highest BCUT2D eigenvalue weighted by atomic mass is 16.5. The molecular weight excluding hydrogens is 132 g/mol. The van der Waals surface area contributed by atoms with Crippen LogP contribution in [-0.2, 0) is 4.74 Å². The molecule has 4 heteroatoms. The summed E-state index contributed by atoms with van der Waals surface area (Å²) in [6.45, 7) is 3.63. The normalized spacial score (nSPS) is 9.00. The summed E-state index contributed by atoms with van der Waals surface area (Å²) in [6, 6.07) is -0.139. The van der Waals surface area contributed by atoms with Crippen LogP contribution >= 0.6 is 0 Å². The summed E-state index contributed by atoms with van der Waals surface area (Å²) >= 11 is 0. The minimum atomic E-state index is -0.139. The molecule has 10 heavy (non-hydrogen) atoms. The Hall–Kier alpha value is -0.770. The first-order valence-electron chi connectivity index (χ1n) is 3.32. The molecule has 0 aliphatic rings. The Kier molecular flexibility index (Phi) is 5.86. The third-order valence-corrected chi connectivity index (χ3v) is 0.929. The van der Waals surface area contributed by atoms with Gasteiger partial charge in [0.25, 0.3) is 0 Å². The zero-order chi connectivity index (χ0) is 7.82. The van der Waals surface area contributed by atoms with E-state index in [4.69, 9.17) is 4.74 Å². The summed E-state index contributed by atoms with van der Waals surface area (Å²) in [7, 11) is 1.60. The molecule has 0 heterocycles. The molecule has 0 saturated heterocycles. The number of amides is 2. The Balaban J connectivity index is -0.000000405. The van der Waals surface area contributed by atoms with E-state index >= 15 is 0 Å². The Labute approximate surface area is 63.9 Å². The van der Waals surface area contributed by atoms with E-state index in [2.05, 4.69) is 10.6 Å². The summed E-state index contributed by atoms with van der Waals surface area (Å²) in [5.41, 5.74) is 0. The van der Waals surface area contributed by atoms with E-state index in [1.54, 1.807) is 7.11 Å². The highest BCUT2D eigenvalue weighted by Gasteiger charge is 1.93. The van der Waals surface area contributed by atoms with Crippen LogP contribution in [0.1, 0.15) is 9.78 Å². The largest absolute Gasteiger partial charge is 0.383 e. The quantitative estimate of drug-likeness (QED) is 0.571. The zero-order valence-electron chi connectivity index (χ0n) is 6.44. The van der Waals surface area contributed by atoms with Gasteiger partial charge in [-0.2, -0.15) is 0 Å². The minimum absolute atomic E-state index is 0. The van der Waals surface area contributed by atoms with Gasteiger partial charge in [0.05, 0.1) is 6.61 Å². The molecule has 0 saturated carbocycles. The number of carbonyl (C=O) groups excluding carboxylic acids is 1. The van der Waals surface area contributed by atoms with E-state index in [1.165, 1.54) is 0 Å². The van der Waals surface area contributed by atoms with E-state index in [0.717, 1.165) is 0 Å². The summed E-state index contributed by atoms with van der Waals surface area (Å²) < 4.78 is 4.73. The minimum Gasteiger partial charge on any atom is -0.383 e. The Morgan fingerprint density at radius 3 is 2.80 bits per heavy atom. The van der Waals surface area contributed by atoms with Crippen LogP contribution in [-0.4, -0.2) is 32.8 Å². The van der Waals surface area contributed by atoms with E-state index in [-0.39, 0.29) is 8.88 Å². The highest BCUT2D eigenvalue weighted by Crippen LogP contribution is 1.66. The summed E-state index contributed by atoms with van der Waals surface area (Å²) in [4.78, 5) is 10.6. The van der Waals surface area contributed by atoms with Gasteiger partial charge in [-0.05, 0) is 6.92 Å². The maximum absolute atomic E-state index is 10.6. The Morgan fingerprint density at radius 2 is 2.30 bits per heavy atom. The maximum atomic E-state index is 10.6. The second kappa shape index (κ2) is 6.35. The number of hydrogen-bond donors (Lipinski definition) is 2. The maximum Gasteiger partial charge on any atom is 0.314 e. The van der Waals surface area contributed by atoms with Crippen molar-refractivity contribution in [3.63, 3.8) is 0 Å². The van der Waals surface area contributed by atoms with E-state index < -0.39 is 0 Å². The van der Waals surface area contributed by atoms with Crippen LogP contribution in [0, 0.1) is 0 Å². The molecule has 4 nitrogen and oxygen atoms in total. The second-order valence-electron chi connectivity index (χ2n) is 1.78. The molecule has 0 spiro atoms. The van der Waals surface area contributed by atoms with E-state index in [1.807, 2.05) is 6.92 Å². The standard InChI is InChI=1S/C6H14N2O2.2H2/c1-3-7-6(9)8-4-5-10-2;;/h3-5H2,1-2H3,(H2,7,8,9);2*1H. The Bertz CT molecular complexity index is 104. The van der Waals surface area contributed by atoms with Crippen LogP contribution in [0.2, 0.25) is 0 Å². The number of rotatable bonds is 4. The smallest absolute Gasteiger partial charge is 0.314 e. The van der Waals surface area contributed by atoms with Crippen molar-refractivity contribution in [2.24, 2.45) is 0 Å². The average Bonchev–Trinajstić information content (AvgIpc) is 1.89. The number of methoxy groups -OCH3 is 1. The summed E-state index contributed by atoms with van der Waals surface area (Å²) in [5.74, 6) is 0. The summed E-state index contributed by atoms with van der Waals surface area (Å²) in [6.07, 6.45) is 0. The first-order chi connectivity index (χ1) is 4.81. The molecule has 0 aromatic rings. The first-order valence-corrected chi connectivity index (χ1v) is 3.32. The van der Waals surface area contributed by atoms with Crippen molar-refractivity contribution in [2.75, 3.05) is 26.8 Å². The molecule has 0 radical (unpaired) electrons. The molecule has 64 valence electrons. The lowest BCUT2D eigenvalue weighted by Gasteiger charge is -2.03. The van der Waals surface area contributed by atoms with Gasteiger partial charge in [0, 0.05) is 23.1 Å². The first kappa shape index (κ1) is 9.23. The van der Waals surface area contributed by atoms with Crippen molar-refractivity contribution >= 4 is 6.03 Å². The highest BCUT2D eigenvalue weighted by molar-refractivity contribution is 5.73. The topological polar surface area (TPSA) is 50.4 Å². The predicted octanol–water partition coefficient (Wildman–Crippen LogP) is 0.444. The molecule has 0 aromatic heterocycles. The average molecular weight is 150 g/mol. The molecule has 0 aliphatic heterocycles. The van der Waals surface area contributed by atoms with Gasteiger partial charge in [-0.1, -0.05) is 0 Å². The van der Waals surface area contributed by atoms with Crippen LogP contribution in [0.15, 0.2) is 0 Å². The lowest BCUT2D eigenvalue weighted by atomic mass is 10.6. The lowest BCUT2D eigenvalue weighted by molar-refractivity contribution is 0.196. The number of hydrogen-bond acceptors (Lipinski definition) is 2. The van der Waals surface area contributed by atoms with Crippen molar-refractivity contribution in [1.29, 1.82) is 0 Å². The van der Waals surface area contributed by atoms with Crippen molar-refractivity contribution in [2.45, 2.75) is 6.92 Å². The number of urea groups is 1. The van der Waals surface area contributed by atoms with Crippen LogP contribution in [0.25, 0.3) is 0 Å². The van der Waals surface area contributed by atoms with Gasteiger partial charge in [-0.25, -0.2) is 4.79 Å². The zero-order valence-corrected chi connectivity index (χ0v) is 6.44. The van der Waals surface area contributed by atoms with Gasteiger partial charge in [-0.3, -0.25) is 0 Å². The van der Waals surface area contributed by atoms with Crippen molar-refractivity contribution < 1.29 is 12.4 Å². The fraction of sp³-hybridized carbons (Fsp3) is 0.833. The molecule has 0 aromatic carbocycles. The fourth-order valence-electron chi connectivity index (χ4n) is 0.490. The van der Waals surface area contributed by atoms with E-state index in [0.29, 0.717) is 19.7 Å². The van der Waals surface area contributed by atoms with Gasteiger partial charge in [0.15, 0.2) is 0 Å². The molecule has 0 aliphatic carbocycles. The molecule has 0 rings (SSSR count).